The highest BCUT2D eigenvalue weighted by Crippen LogP contribution is 2.30. The Bertz CT molecular complexity index is 417. The average molecular weight is 318 g/mol. The Labute approximate surface area is 129 Å². The van der Waals surface area contributed by atoms with E-state index in [4.69, 9.17) is 4.74 Å². The summed E-state index contributed by atoms with van der Waals surface area (Å²) in [6.45, 7) is 7.58. The van der Waals surface area contributed by atoms with Gasteiger partial charge in [-0.3, -0.25) is 0 Å². The summed E-state index contributed by atoms with van der Waals surface area (Å²) >= 11 is 0. The number of nitrogens with one attached hydrogen (secondary N) is 1. The second-order valence-corrected chi connectivity index (χ2v) is 8.66. The highest BCUT2D eigenvalue weighted by Gasteiger charge is 2.30. The summed E-state index contributed by atoms with van der Waals surface area (Å²) in [6, 6.07) is 0. The molecule has 2 aliphatic rings. The van der Waals surface area contributed by atoms with Gasteiger partial charge in [-0.05, 0) is 38.5 Å². The van der Waals surface area contributed by atoms with Crippen LogP contribution >= 0.6 is 0 Å². The van der Waals surface area contributed by atoms with Crippen LogP contribution in [0.1, 0.15) is 52.9 Å². The minimum Gasteiger partial charge on any atom is -0.373 e. The fourth-order valence-corrected chi connectivity index (χ4v) is 5.00. The van der Waals surface area contributed by atoms with E-state index in [0.717, 1.165) is 12.3 Å². The van der Waals surface area contributed by atoms with Gasteiger partial charge in [0.2, 0.25) is 0 Å². The second-order valence-electron chi connectivity index (χ2n) is 6.90. The molecule has 1 saturated carbocycles. The van der Waals surface area contributed by atoms with Crippen LogP contribution in [0.5, 0.6) is 0 Å². The molecule has 5 nitrogen and oxygen atoms in total. The summed E-state index contributed by atoms with van der Waals surface area (Å²) in [5.74, 6) is 1.47. The van der Waals surface area contributed by atoms with Crippen LogP contribution in [0.15, 0.2) is 0 Å². The molecular formula is C15H30N2O3S. The molecule has 0 aromatic heterocycles. The van der Waals surface area contributed by atoms with Crippen molar-refractivity contribution in [1.82, 2.24) is 9.03 Å². The van der Waals surface area contributed by atoms with Crippen molar-refractivity contribution in [1.29, 1.82) is 0 Å². The van der Waals surface area contributed by atoms with Crippen molar-refractivity contribution in [3.05, 3.63) is 0 Å². The first-order valence-electron chi connectivity index (χ1n) is 8.27. The first-order valence-corrected chi connectivity index (χ1v) is 9.71. The molecule has 2 fully saturated rings. The molecule has 1 aliphatic heterocycles. The molecule has 1 N–H and O–H groups in total. The van der Waals surface area contributed by atoms with Gasteiger partial charge in [0, 0.05) is 19.6 Å². The third-order valence-electron chi connectivity index (χ3n) is 4.61. The standard InChI is InChI=1S/C15H30N2O3S/c1-12-5-4-6-15(9-12)7-8-16-21(18,19)17-10-13(2)20-14(3)11-17/h12-16H,4-11H2,1-3H3/t12-,13-,14+,15-/m1/s1. The Morgan fingerprint density at radius 1 is 1.14 bits per heavy atom. The predicted molar refractivity (Wildman–Crippen MR) is 84.2 cm³/mol. The van der Waals surface area contributed by atoms with Crippen molar-refractivity contribution < 1.29 is 13.2 Å². The van der Waals surface area contributed by atoms with Crippen molar-refractivity contribution in [2.75, 3.05) is 19.6 Å². The maximum atomic E-state index is 12.3. The molecule has 1 aliphatic carbocycles. The summed E-state index contributed by atoms with van der Waals surface area (Å²) in [6.07, 6.45) is 5.99. The molecule has 0 unspecified atom stereocenters. The first-order chi connectivity index (χ1) is 9.87. The number of rotatable bonds is 5. The lowest BCUT2D eigenvalue weighted by Gasteiger charge is -2.34. The Hall–Kier alpha value is -0.170. The molecule has 0 spiro atoms. The SMILES string of the molecule is C[C@@H]1CCC[C@H](CCNS(=O)(=O)N2C[C@@H](C)O[C@@H](C)C2)C1. The van der Waals surface area contributed by atoms with Crippen LogP contribution < -0.4 is 4.72 Å². The average Bonchev–Trinajstić information content (AvgIpc) is 2.37. The van der Waals surface area contributed by atoms with Crippen LogP contribution in [0.2, 0.25) is 0 Å². The van der Waals surface area contributed by atoms with E-state index < -0.39 is 10.2 Å². The largest absolute Gasteiger partial charge is 0.373 e. The van der Waals surface area contributed by atoms with E-state index in [2.05, 4.69) is 11.6 Å². The number of hydrogen-bond acceptors (Lipinski definition) is 3. The molecule has 0 bridgehead atoms. The van der Waals surface area contributed by atoms with Gasteiger partial charge < -0.3 is 4.74 Å². The van der Waals surface area contributed by atoms with Crippen LogP contribution in [0.25, 0.3) is 0 Å². The monoisotopic (exact) mass is 318 g/mol. The maximum Gasteiger partial charge on any atom is 0.279 e. The topological polar surface area (TPSA) is 58.6 Å². The van der Waals surface area contributed by atoms with E-state index in [0.29, 0.717) is 25.6 Å². The number of ether oxygens (including phenoxy) is 1. The Morgan fingerprint density at radius 3 is 2.43 bits per heavy atom. The fourth-order valence-electron chi connectivity index (χ4n) is 3.63. The van der Waals surface area contributed by atoms with E-state index in [-0.39, 0.29) is 12.2 Å². The summed E-state index contributed by atoms with van der Waals surface area (Å²) in [4.78, 5) is 0. The van der Waals surface area contributed by atoms with E-state index in [9.17, 15) is 8.42 Å². The molecule has 1 heterocycles. The lowest BCUT2D eigenvalue weighted by Crippen LogP contribution is -2.52. The fraction of sp³-hybridized carbons (Fsp3) is 1.00. The van der Waals surface area contributed by atoms with Crippen molar-refractivity contribution >= 4 is 10.2 Å². The first kappa shape index (κ1) is 17.2. The third-order valence-corrected chi connectivity index (χ3v) is 6.15. The lowest BCUT2D eigenvalue weighted by atomic mass is 9.81. The van der Waals surface area contributed by atoms with Gasteiger partial charge >= 0.3 is 0 Å². The molecule has 6 heteroatoms. The van der Waals surface area contributed by atoms with Crippen molar-refractivity contribution in [3.8, 4) is 0 Å². The summed E-state index contributed by atoms with van der Waals surface area (Å²) in [5, 5.41) is 0. The third kappa shape index (κ3) is 5.20. The summed E-state index contributed by atoms with van der Waals surface area (Å²) in [5.41, 5.74) is 0. The zero-order valence-corrected chi connectivity index (χ0v) is 14.4. The van der Waals surface area contributed by atoms with Crippen LogP contribution in [-0.4, -0.2) is 44.6 Å². The van der Waals surface area contributed by atoms with Crippen LogP contribution in [-0.2, 0) is 14.9 Å². The molecule has 1 saturated heterocycles. The van der Waals surface area contributed by atoms with Gasteiger partial charge in [0.05, 0.1) is 12.2 Å². The molecule has 0 aromatic rings. The minimum absolute atomic E-state index is 0.0375. The van der Waals surface area contributed by atoms with E-state index in [1.165, 1.54) is 30.0 Å². The summed E-state index contributed by atoms with van der Waals surface area (Å²) in [7, 11) is -3.36. The predicted octanol–water partition coefficient (Wildman–Crippen LogP) is 2.15. The highest BCUT2D eigenvalue weighted by atomic mass is 32.2. The molecule has 0 amide bonds. The van der Waals surface area contributed by atoms with Gasteiger partial charge in [-0.2, -0.15) is 12.7 Å². The van der Waals surface area contributed by atoms with Gasteiger partial charge in [0.25, 0.3) is 10.2 Å². The van der Waals surface area contributed by atoms with Crippen LogP contribution in [0.4, 0.5) is 0 Å². The Kier molecular flexibility index (Phi) is 6.05. The van der Waals surface area contributed by atoms with Gasteiger partial charge in [0.15, 0.2) is 0 Å². The number of morpholine rings is 1. The molecule has 4 atom stereocenters. The second kappa shape index (κ2) is 7.40. The van der Waals surface area contributed by atoms with Crippen molar-refractivity contribution in [2.45, 2.75) is 65.1 Å². The van der Waals surface area contributed by atoms with E-state index in [1.54, 1.807) is 0 Å². The van der Waals surface area contributed by atoms with Gasteiger partial charge in [-0.15, -0.1) is 0 Å². The minimum atomic E-state index is -3.36. The van der Waals surface area contributed by atoms with Crippen molar-refractivity contribution in [3.63, 3.8) is 0 Å². The van der Waals surface area contributed by atoms with Crippen LogP contribution in [0.3, 0.4) is 0 Å². The summed E-state index contributed by atoms with van der Waals surface area (Å²) < 4.78 is 34.6. The zero-order chi connectivity index (χ0) is 15.5. The molecule has 124 valence electrons. The zero-order valence-electron chi connectivity index (χ0n) is 13.5. The molecule has 0 radical (unpaired) electrons. The normalized spacial score (nSPS) is 35.8. The molecule has 0 aromatic carbocycles. The quantitative estimate of drug-likeness (QED) is 0.845. The Morgan fingerprint density at radius 2 is 1.81 bits per heavy atom. The Balaban J connectivity index is 1.78. The number of hydrogen-bond donors (Lipinski definition) is 1. The van der Waals surface area contributed by atoms with Gasteiger partial charge in [0.1, 0.15) is 0 Å². The van der Waals surface area contributed by atoms with Gasteiger partial charge in [-0.1, -0.05) is 26.2 Å². The van der Waals surface area contributed by atoms with Crippen molar-refractivity contribution in [2.24, 2.45) is 11.8 Å². The van der Waals surface area contributed by atoms with Crippen LogP contribution in [0, 0.1) is 11.8 Å². The molecule has 2 rings (SSSR count). The molecule has 21 heavy (non-hydrogen) atoms. The maximum absolute atomic E-state index is 12.3. The lowest BCUT2D eigenvalue weighted by molar-refractivity contribution is -0.0443. The molecular weight excluding hydrogens is 288 g/mol. The number of nitrogens with zero attached hydrogens (tertiary/aromatic N) is 1. The van der Waals surface area contributed by atoms with E-state index >= 15 is 0 Å². The smallest absolute Gasteiger partial charge is 0.279 e. The van der Waals surface area contributed by atoms with E-state index in [1.807, 2.05) is 13.8 Å². The van der Waals surface area contributed by atoms with Gasteiger partial charge in [-0.25, -0.2) is 4.72 Å². The highest BCUT2D eigenvalue weighted by molar-refractivity contribution is 7.87.